The maximum absolute atomic E-state index is 8.27. The van der Waals surface area contributed by atoms with E-state index in [0.717, 1.165) is 0 Å². The van der Waals surface area contributed by atoms with Crippen LogP contribution < -0.4 is 0 Å². The molecule has 0 radical (unpaired) electrons. The first kappa shape index (κ1) is 9.23. The fourth-order valence-corrected chi connectivity index (χ4v) is 0.706. The summed E-state index contributed by atoms with van der Waals surface area (Å²) in [5, 5.41) is 25.9. The van der Waals surface area contributed by atoms with E-state index in [1.807, 2.05) is 0 Å². The Balaban J connectivity index is 3.02. The molecule has 0 aromatic carbocycles. The Hall–Kier alpha value is -1.86. The van der Waals surface area contributed by atoms with E-state index >= 15 is 0 Å². The van der Waals surface area contributed by atoms with Gasteiger partial charge in [-0.25, -0.2) is 10.5 Å². The topological polar surface area (TPSA) is 100 Å². The molecule has 0 aliphatic carbocycles. The van der Waals surface area contributed by atoms with Crippen molar-refractivity contribution in [1.29, 1.82) is 0 Å². The van der Waals surface area contributed by atoms with Crippen LogP contribution in [0.5, 0.6) is 0 Å². The van der Waals surface area contributed by atoms with Gasteiger partial charge in [-0.3, -0.25) is 0 Å². The number of aromatic amines is 1. The number of rotatable bonds is 4. The molecule has 1 aromatic rings. The van der Waals surface area contributed by atoms with Gasteiger partial charge in [-0.05, 0) is 0 Å². The first-order valence-electron chi connectivity index (χ1n) is 3.12. The lowest BCUT2D eigenvalue weighted by Gasteiger charge is -2.00. The van der Waals surface area contributed by atoms with Crippen molar-refractivity contribution in [3.8, 4) is 0 Å². The minimum Gasteiger partial charge on any atom is -0.338 e. The second kappa shape index (κ2) is 3.70. The number of nitrogens with one attached hydrogen (secondary N) is 1. The summed E-state index contributed by atoms with van der Waals surface area (Å²) in [5.41, 5.74) is 0.197. The molecule has 0 saturated heterocycles. The van der Waals surface area contributed by atoms with E-state index in [9.17, 15) is 0 Å². The third kappa shape index (κ3) is 1.66. The first-order valence-corrected chi connectivity index (χ1v) is 3.12. The second-order valence-corrected chi connectivity index (χ2v) is 2.05. The summed E-state index contributed by atoms with van der Waals surface area (Å²) in [6.07, 6.45) is 0. The average Bonchev–Trinajstić information content (AvgIpc) is 2.63. The summed E-state index contributed by atoms with van der Waals surface area (Å²) >= 11 is 0. The van der Waals surface area contributed by atoms with E-state index in [-0.39, 0.29) is 22.9 Å². The van der Waals surface area contributed by atoms with Crippen LogP contribution >= 0.6 is 0 Å². The van der Waals surface area contributed by atoms with Crippen molar-refractivity contribution in [3.63, 3.8) is 0 Å². The van der Waals surface area contributed by atoms with Crippen LogP contribution in [0.25, 0.3) is 11.5 Å². The Morgan fingerprint density at radius 1 is 1.08 bits per heavy atom. The Bertz CT molecular complexity index is 302. The van der Waals surface area contributed by atoms with Crippen LogP contribution in [0.15, 0.2) is 13.2 Å². The minimum atomic E-state index is -0.137. The SMILES string of the molecule is C=C(OO)c1n[nH]nc1C(=C)OO. The molecule has 3 N–H and O–H groups in total. The molecule has 7 heteroatoms. The van der Waals surface area contributed by atoms with Crippen molar-refractivity contribution >= 4 is 11.5 Å². The van der Waals surface area contributed by atoms with Gasteiger partial charge < -0.3 is 9.78 Å². The normalized spacial score (nSPS) is 9.38. The Morgan fingerprint density at radius 3 is 1.77 bits per heavy atom. The second-order valence-electron chi connectivity index (χ2n) is 2.05. The number of nitrogens with zero attached hydrogens (tertiary/aromatic N) is 2. The monoisotopic (exact) mass is 185 g/mol. The number of aromatic nitrogens is 3. The van der Waals surface area contributed by atoms with Gasteiger partial charge in [0.15, 0.2) is 22.9 Å². The molecular formula is C6H7N3O4. The predicted molar refractivity (Wildman–Crippen MR) is 41.9 cm³/mol. The highest BCUT2D eigenvalue weighted by Gasteiger charge is 2.16. The predicted octanol–water partition coefficient (Wildman–Crippen LogP) is 0.725. The molecule has 7 nitrogen and oxygen atoms in total. The van der Waals surface area contributed by atoms with Crippen LogP contribution in [0.2, 0.25) is 0 Å². The first-order chi connectivity index (χ1) is 6.20. The molecule has 0 fully saturated rings. The van der Waals surface area contributed by atoms with E-state index in [1.54, 1.807) is 0 Å². The smallest absolute Gasteiger partial charge is 0.187 e. The van der Waals surface area contributed by atoms with E-state index in [4.69, 9.17) is 10.5 Å². The molecule has 0 aliphatic heterocycles. The fourth-order valence-electron chi connectivity index (χ4n) is 0.706. The molecule has 0 unspecified atom stereocenters. The summed E-state index contributed by atoms with van der Waals surface area (Å²) in [6.45, 7) is 6.64. The van der Waals surface area contributed by atoms with Gasteiger partial charge in [0.2, 0.25) is 0 Å². The van der Waals surface area contributed by atoms with Crippen molar-refractivity contribution < 1.29 is 20.3 Å². The molecule has 70 valence electrons. The maximum Gasteiger partial charge on any atom is 0.187 e. The minimum absolute atomic E-state index is 0.0987. The van der Waals surface area contributed by atoms with Crippen LogP contribution in [0, 0.1) is 0 Å². The zero-order chi connectivity index (χ0) is 9.84. The van der Waals surface area contributed by atoms with Gasteiger partial charge in [-0.2, -0.15) is 15.4 Å². The zero-order valence-electron chi connectivity index (χ0n) is 6.52. The summed E-state index contributed by atoms with van der Waals surface area (Å²) in [4.78, 5) is 7.67. The van der Waals surface area contributed by atoms with Gasteiger partial charge in [0.25, 0.3) is 0 Å². The van der Waals surface area contributed by atoms with Crippen LogP contribution in [0.3, 0.4) is 0 Å². The lowest BCUT2D eigenvalue weighted by molar-refractivity contribution is -0.172. The molecule has 0 saturated carbocycles. The quantitative estimate of drug-likeness (QED) is 0.363. The largest absolute Gasteiger partial charge is 0.338 e. The Labute approximate surface area is 72.8 Å². The lowest BCUT2D eigenvalue weighted by Crippen LogP contribution is -1.94. The molecule has 0 atom stereocenters. The van der Waals surface area contributed by atoms with Gasteiger partial charge >= 0.3 is 0 Å². The van der Waals surface area contributed by atoms with Crippen molar-refractivity contribution in [2.45, 2.75) is 0 Å². The molecule has 0 bridgehead atoms. The Kier molecular flexibility index (Phi) is 2.62. The zero-order valence-corrected chi connectivity index (χ0v) is 6.52. The average molecular weight is 185 g/mol. The van der Waals surface area contributed by atoms with Crippen LogP contribution in [-0.2, 0) is 9.78 Å². The third-order valence-corrected chi connectivity index (χ3v) is 1.30. The summed E-state index contributed by atoms with van der Waals surface area (Å²) < 4.78 is 0. The molecule has 0 spiro atoms. The summed E-state index contributed by atoms with van der Waals surface area (Å²) in [7, 11) is 0. The van der Waals surface area contributed by atoms with Crippen molar-refractivity contribution in [2.75, 3.05) is 0 Å². The molecule has 0 amide bonds. The number of hydrogen-bond donors (Lipinski definition) is 3. The van der Waals surface area contributed by atoms with Crippen molar-refractivity contribution in [2.24, 2.45) is 0 Å². The van der Waals surface area contributed by atoms with Crippen LogP contribution in [-0.4, -0.2) is 25.9 Å². The number of hydrogen-bond acceptors (Lipinski definition) is 6. The van der Waals surface area contributed by atoms with Crippen molar-refractivity contribution in [3.05, 3.63) is 24.5 Å². The fraction of sp³-hybridized carbons (Fsp3) is 0. The van der Waals surface area contributed by atoms with Gasteiger partial charge in [0, 0.05) is 0 Å². The lowest BCUT2D eigenvalue weighted by atomic mass is 10.2. The molecule has 0 aliphatic rings. The molecule has 13 heavy (non-hydrogen) atoms. The molecular weight excluding hydrogens is 178 g/mol. The van der Waals surface area contributed by atoms with Gasteiger partial charge in [0.1, 0.15) is 0 Å². The molecule has 1 rings (SSSR count). The third-order valence-electron chi connectivity index (χ3n) is 1.30. The standard InChI is InChI=1S/C6H7N3O4/c1-3(12-10)5-6(4(2)13-11)8-9-7-5/h10-11H,1-2H2,(H,7,8,9). The highest BCUT2D eigenvalue weighted by Crippen LogP contribution is 2.19. The van der Waals surface area contributed by atoms with E-state index in [0.29, 0.717) is 0 Å². The summed E-state index contributed by atoms with van der Waals surface area (Å²) in [5.74, 6) is -0.274. The highest BCUT2D eigenvalue weighted by molar-refractivity contribution is 5.67. The van der Waals surface area contributed by atoms with Crippen LogP contribution in [0.1, 0.15) is 11.4 Å². The number of H-pyrrole nitrogens is 1. The van der Waals surface area contributed by atoms with Crippen molar-refractivity contribution in [1.82, 2.24) is 15.4 Å². The maximum atomic E-state index is 8.27. The summed E-state index contributed by atoms with van der Waals surface area (Å²) in [6, 6.07) is 0. The van der Waals surface area contributed by atoms with Crippen LogP contribution in [0.4, 0.5) is 0 Å². The molecule has 1 aromatic heterocycles. The van der Waals surface area contributed by atoms with E-state index in [1.165, 1.54) is 0 Å². The van der Waals surface area contributed by atoms with E-state index < -0.39 is 0 Å². The molecule has 1 heterocycles. The highest BCUT2D eigenvalue weighted by atomic mass is 17.1. The van der Waals surface area contributed by atoms with Gasteiger partial charge in [0.05, 0.1) is 0 Å². The van der Waals surface area contributed by atoms with E-state index in [2.05, 4.69) is 38.3 Å². The van der Waals surface area contributed by atoms with Gasteiger partial charge in [-0.1, -0.05) is 13.2 Å². The van der Waals surface area contributed by atoms with Gasteiger partial charge in [-0.15, -0.1) is 0 Å². The Morgan fingerprint density at radius 2 is 1.46 bits per heavy atom.